The van der Waals surface area contributed by atoms with Gasteiger partial charge in [-0.25, -0.2) is 0 Å². The molecule has 0 aliphatic rings. The number of benzene rings is 1. The molecule has 17 heavy (non-hydrogen) atoms. The van der Waals surface area contributed by atoms with Gasteiger partial charge in [0.05, 0.1) is 24.8 Å². The monoisotopic (exact) mass is 234 g/mol. The third-order valence-electron chi connectivity index (χ3n) is 2.80. The van der Waals surface area contributed by atoms with E-state index in [1.165, 1.54) is 0 Å². The Morgan fingerprint density at radius 2 is 2.00 bits per heavy atom. The Bertz CT molecular complexity index is 408. The summed E-state index contributed by atoms with van der Waals surface area (Å²) in [6.45, 7) is 2.18. The summed E-state index contributed by atoms with van der Waals surface area (Å²) in [4.78, 5) is 1.92. The number of rotatable bonds is 5. The summed E-state index contributed by atoms with van der Waals surface area (Å²) in [7, 11) is 1.88. The molecule has 92 valence electrons. The van der Waals surface area contributed by atoms with Gasteiger partial charge in [0.15, 0.2) is 0 Å². The van der Waals surface area contributed by atoms with E-state index in [2.05, 4.69) is 6.07 Å². The van der Waals surface area contributed by atoms with E-state index in [0.717, 1.165) is 5.69 Å². The molecule has 0 aliphatic heterocycles. The van der Waals surface area contributed by atoms with E-state index in [0.29, 0.717) is 12.1 Å². The van der Waals surface area contributed by atoms with Crippen molar-refractivity contribution < 1.29 is 10.2 Å². The maximum Gasteiger partial charge on any atom is 0.0992 e. The van der Waals surface area contributed by atoms with Gasteiger partial charge in [-0.05, 0) is 18.2 Å². The van der Waals surface area contributed by atoms with Crippen molar-refractivity contribution in [2.75, 3.05) is 31.7 Å². The van der Waals surface area contributed by atoms with E-state index in [1.807, 2.05) is 31.0 Å². The summed E-state index contributed by atoms with van der Waals surface area (Å²) in [6.07, 6.45) is 0. The van der Waals surface area contributed by atoms with Crippen LogP contribution in [0.3, 0.4) is 0 Å². The molecule has 4 heteroatoms. The molecule has 1 aromatic carbocycles. The summed E-state index contributed by atoms with van der Waals surface area (Å²) in [5.41, 5.74) is 0.957. The van der Waals surface area contributed by atoms with Gasteiger partial charge in [-0.15, -0.1) is 0 Å². The first-order valence-corrected chi connectivity index (χ1v) is 5.48. The SMILES string of the molecule is CN(CC(C)(CO)CO)c1cccc(C#N)c1. The van der Waals surface area contributed by atoms with Crippen molar-refractivity contribution in [3.63, 3.8) is 0 Å². The highest BCUT2D eigenvalue weighted by molar-refractivity contribution is 5.51. The van der Waals surface area contributed by atoms with Crippen molar-refractivity contribution in [2.24, 2.45) is 5.41 Å². The van der Waals surface area contributed by atoms with Crippen molar-refractivity contribution in [2.45, 2.75) is 6.92 Å². The van der Waals surface area contributed by atoms with Crippen LogP contribution in [-0.4, -0.2) is 37.0 Å². The largest absolute Gasteiger partial charge is 0.396 e. The van der Waals surface area contributed by atoms with E-state index >= 15 is 0 Å². The molecule has 0 radical (unpaired) electrons. The molecule has 0 amide bonds. The maximum absolute atomic E-state index is 9.24. The molecular formula is C13H18N2O2. The summed E-state index contributed by atoms with van der Waals surface area (Å²) in [6, 6.07) is 9.34. The molecule has 0 bridgehead atoms. The number of nitriles is 1. The van der Waals surface area contributed by atoms with Gasteiger partial charge in [-0.2, -0.15) is 5.26 Å². The molecule has 0 saturated heterocycles. The Labute approximate surface area is 102 Å². The molecule has 0 spiro atoms. The number of aliphatic hydroxyl groups is 2. The van der Waals surface area contributed by atoms with Gasteiger partial charge in [0.25, 0.3) is 0 Å². The molecule has 1 rings (SSSR count). The molecule has 0 aromatic heterocycles. The summed E-state index contributed by atoms with van der Waals surface area (Å²) < 4.78 is 0. The third-order valence-corrected chi connectivity index (χ3v) is 2.80. The van der Waals surface area contributed by atoms with E-state index in [-0.39, 0.29) is 13.2 Å². The Hall–Kier alpha value is -1.57. The Morgan fingerprint density at radius 1 is 1.35 bits per heavy atom. The summed E-state index contributed by atoms with van der Waals surface area (Å²) in [5, 5.41) is 27.3. The van der Waals surface area contributed by atoms with Crippen molar-refractivity contribution in [3.8, 4) is 6.07 Å². The lowest BCUT2D eigenvalue weighted by molar-refractivity contribution is 0.0763. The second kappa shape index (κ2) is 5.67. The minimum atomic E-state index is -0.544. The van der Waals surface area contributed by atoms with Gasteiger partial charge in [-0.3, -0.25) is 0 Å². The van der Waals surface area contributed by atoms with Gasteiger partial charge < -0.3 is 15.1 Å². The van der Waals surface area contributed by atoms with Crippen molar-refractivity contribution in [1.82, 2.24) is 0 Å². The van der Waals surface area contributed by atoms with E-state index < -0.39 is 5.41 Å². The molecule has 0 atom stereocenters. The average Bonchev–Trinajstić information content (AvgIpc) is 2.38. The fourth-order valence-electron chi connectivity index (χ4n) is 1.63. The van der Waals surface area contributed by atoms with E-state index in [9.17, 15) is 10.2 Å². The number of nitrogens with zero attached hydrogens (tertiary/aromatic N) is 2. The van der Waals surface area contributed by atoms with E-state index in [4.69, 9.17) is 5.26 Å². The quantitative estimate of drug-likeness (QED) is 0.797. The fourth-order valence-corrected chi connectivity index (χ4v) is 1.63. The lowest BCUT2D eigenvalue weighted by atomic mass is 9.92. The molecule has 0 saturated carbocycles. The molecule has 4 nitrogen and oxygen atoms in total. The zero-order valence-corrected chi connectivity index (χ0v) is 10.2. The fraction of sp³-hybridized carbons (Fsp3) is 0.462. The van der Waals surface area contributed by atoms with Crippen LogP contribution < -0.4 is 4.90 Å². The first-order chi connectivity index (χ1) is 8.04. The Balaban J connectivity index is 2.83. The smallest absolute Gasteiger partial charge is 0.0992 e. The highest BCUT2D eigenvalue weighted by Crippen LogP contribution is 2.21. The van der Waals surface area contributed by atoms with Crippen LogP contribution in [0.1, 0.15) is 12.5 Å². The lowest BCUT2D eigenvalue weighted by Crippen LogP contribution is -2.39. The van der Waals surface area contributed by atoms with Crippen LogP contribution in [0.25, 0.3) is 0 Å². The summed E-state index contributed by atoms with van der Waals surface area (Å²) >= 11 is 0. The highest BCUT2D eigenvalue weighted by atomic mass is 16.3. The first-order valence-electron chi connectivity index (χ1n) is 5.48. The van der Waals surface area contributed by atoms with Crippen LogP contribution in [0, 0.1) is 16.7 Å². The number of hydrogen-bond acceptors (Lipinski definition) is 4. The molecule has 1 aromatic rings. The minimum Gasteiger partial charge on any atom is -0.396 e. The van der Waals surface area contributed by atoms with Crippen LogP contribution >= 0.6 is 0 Å². The lowest BCUT2D eigenvalue weighted by Gasteiger charge is -2.31. The van der Waals surface area contributed by atoms with E-state index in [1.54, 1.807) is 12.1 Å². The standard InChI is InChI=1S/C13H18N2O2/c1-13(9-16,10-17)8-15(2)12-5-3-4-11(6-12)7-14/h3-6,16-17H,8-10H2,1-2H3. The van der Waals surface area contributed by atoms with Gasteiger partial charge in [0.2, 0.25) is 0 Å². The Morgan fingerprint density at radius 3 is 2.53 bits per heavy atom. The highest BCUT2D eigenvalue weighted by Gasteiger charge is 2.24. The molecule has 0 unspecified atom stereocenters. The average molecular weight is 234 g/mol. The predicted molar refractivity (Wildman–Crippen MR) is 66.7 cm³/mol. The zero-order chi connectivity index (χ0) is 12.9. The third kappa shape index (κ3) is 3.45. The number of hydrogen-bond donors (Lipinski definition) is 2. The summed E-state index contributed by atoms with van der Waals surface area (Å²) in [5.74, 6) is 0. The molecule has 2 N–H and O–H groups in total. The van der Waals surface area contributed by atoms with Crippen LogP contribution in [-0.2, 0) is 0 Å². The second-order valence-corrected chi connectivity index (χ2v) is 4.65. The van der Waals surface area contributed by atoms with Crippen LogP contribution in [0.5, 0.6) is 0 Å². The molecular weight excluding hydrogens is 216 g/mol. The van der Waals surface area contributed by atoms with Crippen molar-refractivity contribution in [1.29, 1.82) is 5.26 Å². The molecule has 0 aliphatic carbocycles. The topological polar surface area (TPSA) is 67.5 Å². The number of anilines is 1. The van der Waals surface area contributed by atoms with Crippen LogP contribution in [0.2, 0.25) is 0 Å². The molecule has 0 heterocycles. The van der Waals surface area contributed by atoms with Gasteiger partial charge in [0, 0.05) is 24.7 Å². The van der Waals surface area contributed by atoms with Gasteiger partial charge in [0.1, 0.15) is 0 Å². The minimum absolute atomic E-state index is 0.0776. The van der Waals surface area contributed by atoms with Crippen LogP contribution in [0.4, 0.5) is 5.69 Å². The van der Waals surface area contributed by atoms with Crippen LogP contribution in [0.15, 0.2) is 24.3 Å². The molecule has 0 fully saturated rings. The number of aliphatic hydroxyl groups excluding tert-OH is 2. The Kier molecular flexibility index (Phi) is 4.50. The predicted octanol–water partition coefficient (Wildman–Crippen LogP) is 0.985. The maximum atomic E-state index is 9.24. The van der Waals surface area contributed by atoms with Gasteiger partial charge >= 0.3 is 0 Å². The second-order valence-electron chi connectivity index (χ2n) is 4.65. The first kappa shape index (κ1) is 13.5. The normalized spacial score (nSPS) is 11.0. The van der Waals surface area contributed by atoms with Crippen molar-refractivity contribution >= 4 is 5.69 Å². The van der Waals surface area contributed by atoms with Gasteiger partial charge in [-0.1, -0.05) is 13.0 Å². The zero-order valence-electron chi connectivity index (χ0n) is 10.2. The van der Waals surface area contributed by atoms with Crippen molar-refractivity contribution in [3.05, 3.63) is 29.8 Å².